The molecule has 0 bridgehead atoms. The predicted molar refractivity (Wildman–Crippen MR) is 129 cm³/mol. The highest BCUT2D eigenvalue weighted by Crippen LogP contribution is 2.19. The molecule has 0 aromatic heterocycles. The van der Waals surface area contributed by atoms with Gasteiger partial charge in [0, 0.05) is 17.1 Å². The second-order valence-corrected chi connectivity index (χ2v) is 9.44. The fraction of sp³-hybridized carbons (Fsp3) is 0.167. The van der Waals surface area contributed by atoms with Crippen molar-refractivity contribution in [2.24, 2.45) is 5.10 Å². The summed E-state index contributed by atoms with van der Waals surface area (Å²) in [7, 11) is -2.39. The first-order valence-electron chi connectivity index (χ1n) is 10.1. The molecule has 0 unspecified atom stereocenters. The van der Waals surface area contributed by atoms with E-state index in [0.29, 0.717) is 22.8 Å². The average Bonchev–Trinajstić information content (AvgIpc) is 2.83. The Bertz CT molecular complexity index is 1200. The molecule has 0 saturated carbocycles. The standard InChI is InChI=1S/C24H24ClN3O4S/c1-32-23-10-6-5-9-20(23)17-26-27-24(29)18-28(16-15-19-7-3-2-4-8-19)33(30,31)22-13-11-21(25)12-14-22/h2-14,17H,15-16,18H2,1H3,(H,27,29)/b26-17-. The van der Waals surface area contributed by atoms with E-state index in [1.165, 1.54) is 37.6 Å². The van der Waals surface area contributed by atoms with Gasteiger partial charge in [-0.25, -0.2) is 13.8 Å². The molecule has 0 saturated heterocycles. The molecule has 0 radical (unpaired) electrons. The van der Waals surface area contributed by atoms with Gasteiger partial charge in [0.1, 0.15) is 5.75 Å². The topological polar surface area (TPSA) is 88.1 Å². The summed E-state index contributed by atoms with van der Waals surface area (Å²) in [6.45, 7) is -0.264. The number of carbonyl (C=O) groups excluding carboxylic acids is 1. The minimum Gasteiger partial charge on any atom is -0.496 e. The highest BCUT2D eigenvalue weighted by Gasteiger charge is 2.26. The highest BCUT2D eigenvalue weighted by atomic mass is 35.5. The van der Waals surface area contributed by atoms with Crippen molar-refractivity contribution in [2.45, 2.75) is 11.3 Å². The maximum absolute atomic E-state index is 13.2. The van der Waals surface area contributed by atoms with E-state index in [0.717, 1.165) is 9.87 Å². The number of hydrogen-bond donors (Lipinski definition) is 1. The lowest BCUT2D eigenvalue weighted by Gasteiger charge is -2.21. The number of para-hydroxylation sites is 1. The summed E-state index contributed by atoms with van der Waals surface area (Å²) in [6.07, 6.45) is 1.89. The number of hydrazone groups is 1. The Balaban J connectivity index is 1.74. The van der Waals surface area contributed by atoms with Gasteiger partial charge in [0.05, 0.1) is 24.8 Å². The molecule has 7 nitrogen and oxygen atoms in total. The number of carbonyl (C=O) groups is 1. The molecule has 0 aliphatic rings. The largest absolute Gasteiger partial charge is 0.496 e. The van der Waals surface area contributed by atoms with Gasteiger partial charge in [-0.05, 0) is 48.4 Å². The number of hydrogen-bond acceptors (Lipinski definition) is 5. The van der Waals surface area contributed by atoms with Crippen molar-refractivity contribution < 1.29 is 17.9 Å². The fourth-order valence-corrected chi connectivity index (χ4v) is 4.60. The quantitative estimate of drug-likeness (QED) is 0.350. The number of amides is 1. The van der Waals surface area contributed by atoms with Gasteiger partial charge in [0.25, 0.3) is 5.91 Å². The van der Waals surface area contributed by atoms with Gasteiger partial charge in [-0.2, -0.15) is 9.41 Å². The van der Waals surface area contributed by atoms with E-state index in [9.17, 15) is 13.2 Å². The Labute approximate surface area is 198 Å². The summed E-state index contributed by atoms with van der Waals surface area (Å²) in [5.74, 6) is 0.0389. The molecular formula is C24H24ClN3O4S. The van der Waals surface area contributed by atoms with E-state index in [1.54, 1.807) is 12.1 Å². The average molecular weight is 486 g/mol. The molecule has 0 atom stereocenters. The van der Waals surface area contributed by atoms with Crippen molar-refractivity contribution in [3.05, 3.63) is 95.0 Å². The third kappa shape index (κ3) is 6.89. The molecule has 0 spiro atoms. The van der Waals surface area contributed by atoms with Gasteiger partial charge in [0.2, 0.25) is 10.0 Å². The van der Waals surface area contributed by atoms with Crippen molar-refractivity contribution >= 4 is 33.7 Å². The van der Waals surface area contributed by atoms with Crippen LogP contribution in [0.1, 0.15) is 11.1 Å². The minimum absolute atomic E-state index is 0.0604. The lowest BCUT2D eigenvalue weighted by atomic mass is 10.1. The third-order valence-electron chi connectivity index (χ3n) is 4.80. The number of ether oxygens (including phenoxy) is 1. The maximum atomic E-state index is 13.2. The SMILES string of the molecule is COc1ccccc1/C=N\NC(=O)CN(CCc1ccccc1)S(=O)(=O)c1ccc(Cl)cc1. The molecule has 9 heteroatoms. The monoisotopic (exact) mass is 485 g/mol. The Kier molecular flexibility index (Phi) is 8.59. The number of nitrogens with one attached hydrogen (secondary N) is 1. The van der Waals surface area contributed by atoms with Crippen molar-refractivity contribution in [3.8, 4) is 5.75 Å². The summed E-state index contributed by atoms with van der Waals surface area (Å²) < 4.78 is 32.8. The minimum atomic E-state index is -3.93. The number of benzene rings is 3. The maximum Gasteiger partial charge on any atom is 0.255 e. The molecule has 0 heterocycles. The first kappa shape index (κ1) is 24.4. The molecule has 1 N–H and O–H groups in total. The summed E-state index contributed by atoms with van der Waals surface area (Å²) in [4.78, 5) is 12.6. The van der Waals surface area contributed by atoms with Gasteiger partial charge in [-0.1, -0.05) is 54.1 Å². The number of halogens is 1. The van der Waals surface area contributed by atoms with Crippen LogP contribution in [-0.4, -0.2) is 45.0 Å². The van der Waals surface area contributed by atoms with E-state index in [1.807, 2.05) is 42.5 Å². The van der Waals surface area contributed by atoms with Crippen molar-refractivity contribution in [3.63, 3.8) is 0 Å². The zero-order chi connectivity index (χ0) is 23.7. The van der Waals surface area contributed by atoms with Crippen LogP contribution in [0.5, 0.6) is 5.75 Å². The zero-order valence-electron chi connectivity index (χ0n) is 18.0. The molecule has 3 aromatic rings. The van der Waals surface area contributed by atoms with Crippen LogP contribution in [0.3, 0.4) is 0 Å². The number of rotatable bonds is 10. The van der Waals surface area contributed by atoms with Crippen LogP contribution in [0.2, 0.25) is 5.02 Å². The summed E-state index contributed by atoms with van der Waals surface area (Å²) in [5.41, 5.74) is 4.03. The number of sulfonamides is 1. The van der Waals surface area contributed by atoms with Crippen molar-refractivity contribution in [1.29, 1.82) is 0 Å². The smallest absolute Gasteiger partial charge is 0.255 e. The van der Waals surface area contributed by atoms with Crippen LogP contribution in [0, 0.1) is 0 Å². The van der Waals surface area contributed by atoms with Gasteiger partial charge < -0.3 is 4.74 Å². The molecule has 172 valence electrons. The summed E-state index contributed by atoms with van der Waals surface area (Å²) in [6, 6.07) is 22.5. The Morgan fingerprint density at radius 2 is 1.70 bits per heavy atom. The van der Waals surface area contributed by atoms with E-state index < -0.39 is 15.9 Å². The van der Waals surface area contributed by atoms with Crippen LogP contribution in [0.15, 0.2) is 88.9 Å². The molecule has 3 rings (SSSR count). The van der Waals surface area contributed by atoms with E-state index >= 15 is 0 Å². The highest BCUT2D eigenvalue weighted by molar-refractivity contribution is 7.89. The van der Waals surface area contributed by atoms with Crippen molar-refractivity contribution in [1.82, 2.24) is 9.73 Å². The molecule has 0 aliphatic carbocycles. The normalized spacial score (nSPS) is 11.6. The third-order valence-corrected chi connectivity index (χ3v) is 6.91. The summed E-state index contributed by atoms with van der Waals surface area (Å²) >= 11 is 5.90. The molecule has 3 aromatic carbocycles. The van der Waals surface area contributed by atoms with Crippen LogP contribution in [-0.2, 0) is 21.2 Å². The first-order chi connectivity index (χ1) is 15.9. The van der Waals surface area contributed by atoms with Gasteiger partial charge >= 0.3 is 0 Å². The predicted octanol–water partition coefficient (Wildman–Crippen LogP) is 3.73. The first-order valence-corrected chi connectivity index (χ1v) is 12.0. The Morgan fingerprint density at radius 1 is 1.03 bits per heavy atom. The fourth-order valence-electron chi connectivity index (χ4n) is 3.08. The van der Waals surface area contributed by atoms with Crippen LogP contribution >= 0.6 is 11.6 Å². The molecular weight excluding hydrogens is 462 g/mol. The lowest BCUT2D eigenvalue weighted by Crippen LogP contribution is -2.40. The van der Waals surface area contributed by atoms with E-state index in [4.69, 9.17) is 16.3 Å². The van der Waals surface area contributed by atoms with E-state index in [2.05, 4.69) is 10.5 Å². The molecule has 1 amide bonds. The van der Waals surface area contributed by atoms with Crippen LogP contribution in [0.25, 0.3) is 0 Å². The zero-order valence-corrected chi connectivity index (χ0v) is 19.6. The summed E-state index contributed by atoms with van der Waals surface area (Å²) in [5, 5.41) is 4.37. The van der Waals surface area contributed by atoms with E-state index in [-0.39, 0.29) is 18.0 Å². The molecule has 0 fully saturated rings. The lowest BCUT2D eigenvalue weighted by molar-refractivity contribution is -0.121. The van der Waals surface area contributed by atoms with Gasteiger partial charge in [0.15, 0.2) is 0 Å². The van der Waals surface area contributed by atoms with Gasteiger partial charge in [-0.15, -0.1) is 0 Å². The number of nitrogens with zero attached hydrogens (tertiary/aromatic N) is 2. The van der Waals surface area contributed by atoms with Crippen LogP contribution in [0.4, 0.5) is 0 Å². The second kappa shape index (κ2) is 11.6. The number of methoxy groups -OCH3 is 1. The Hall–Kier alpha value is -3.20. The molecule has 33 heavy (non-hydrogen) atoms. The molecule has 0 aliphatic heterocycles. The van der Waals surface area contributed by atoms with Gasteiger partial charge in [-0.3, -0.25) is 4.79 Å². The van der Waals surface area contributed by atoms with Crippen molar-refractivity contribution in [2.75, 3.05) is 20.2 Å². The second-order valence-electron chi connectivity index (χ2n) is 7.06. The van der Waals surface area contributed by atoms with Crippen LogP contribution < -0.4 is 10.2 Å². The Morgan fingerprint density at radius 3 is 2.39 bits per heavy atom.